The highest BCUT2D eigenvalue weighted by Crippen LogP contribution is 2.39. The molecule has 0 saturated carbocycles. The van der Waals surface area contributed by atoms with Crippen molar-refractivity contribution < 1.29 is 23.5 Å². The van der Waals surface area contributed by atoms with Crippen molar-refractivity contribution in [3.63, 3.8) is 0 Å². The summed E-state index contributed by atoms with van der Waals surface area (Å²) in [5.74, 6) is 0.821. The molecule has 2 amide bonds. The summed E-state index contributed by atoms with van der Waals surface area (Å²) < 4.78 is 16.5. The number of carbonyl (C=O) groups excluding carboxylic acids is 2. The summed E-state index contributed by atoms with van der Waals surface area (Å²) in [6.07, 6.45) is 5.65. The van der Waals surface area contributed by atoms with Gasteiger partial charge >= 0.3 is 0 Å². The van der Waals surface area contributed by atoms with Gasteiger partial charge in [-0.3, -0.25) is 19.5 Å². The highest BCUT2D eigenvalue weighted by Gasteiger charge is 2.40. The second kappa shape index (κ2) is 9.11. The smallest absolute Gasteiger partial charge is 0.291 e. The predicted octanol–water partition coefficient (Wildman–Crippen LogP) is 3.29. The number of furan rings is 1. The molecule has 10 nitrogen and oxygen atoms in total. The second-order valence-corrected chi connectivity index (χ2v) is 9.83. The number of nitrogens with zero attached hydrogens (tertiary/aromatic N) is 3. The Morgan fingerprint density at radius 3 is 2.57 bits per heavy atom. The van der Waals surface area contributed by atoms with E-state index in [-0.39, 0.29) is 11.7 Å². The van der Waals surface area contributed by atoms with Crippen LogP contribution < -0.4 is 29.9 Å². The van der Waals surface area contributed by atoms with Gasteiger partial charge in [0.25, 0.3) is 11.8 Å². The summed E-state index contributed by atoms with van der Waals surface area (Å²) in [6, 6.07) is 8.60. The monoisotopic (exact) mass is 503 g/mol. The minimum atomic E-state index is -0.398. The third-order valence-corrected chi connectivity index (χ3v) is 7.71. The van der Waals surface area contributed by atoms with Crippen LogP contribution in [-0.4, -0.2) is 57.2 Å². The van der Waals surface area contributed by atoms with Gasteiger partial charge in [0.2, 0.25) is 5.88 Å². The molecule has 6 rings (SSSR count). The third kappa shape index (κ3) is 4.07. The van der Waals surface area contributed by atoms with Gasteiger partial charge in [-0.2, -0.15) is 0 Å². The number of ether oxygens (including phenoxy) is 2. The van der Waals surface area contributed by atoms with Crippen molar-refractivity contribution in [3.05, 3.63) is 59.6 Å². The Balaban J connectivity index is 1.17. The van der Waals surface area contributed by atoms with Crippen LogP contribution in [0.15, 0.2) is 47.1 Å². The number of piperidine rings is 1. The van der Waals surface area contributed by atoms with Crippen molar-refractivity contribution >= 4 is 29.1 Å². The minimum absolute atomic E-state index is 0.113. The molecule has 2 fully saturated rings. The van der Waals surface area contributed by atoms with E-state index < -0.39 is 5.91 Å². The summed E-state index contributed by atoms with van der Waals surface area (Å²) in [7, 11) is 3.08. The zero-order chi connectivity index (χ0) is 25.6. The number of methoxy groups -OCH3 is 2. The van der Waals surface area contributed by atoms with Gasteiger partial charge in [0.05, 0.1) is 38.3 Å². The molecule has 2 saturated heterocycles. The van der Waals surface area contributed by atoms with E-state index in [4.69, 9.17) is 13.9 Å². The van der Waals surface area contributed by atoms with E-state index in [9.17, 15) is 9.59 Å². The third-order valence-electron chi connectivity index (χ3n) is 7.71. The van der Waals surface area contributed by atoms with Crippen LogP contribution in [0.4, 0.5) is 17.3 Å². The van der Waals surface area contributed by atoms with E-state index in [1.807, 2.05) is 6.07 Å². The fraction of sp³-hybridized carbons (Fsp3) is 0.370. The number of hydrogen-bond donors (Lipinski definition) is 2. The van der Waals surface area contributed by atoms with E-state index in [0.29, 0.717) is 40.6 Å². The first-order valence-corrected chi connectivity index (χ1v) is 12.4. The highest BCUT2D eigenvalue weighted by atomic mass is 16.5. The Labute approximate surface area is 214 Å². The Morgan fingerprint density at radius 1 is 1.11 bits per heavy atom. The number of aromatic nitrogens is 1. The number of amides is 2. The van der Waals surface area contributed by atoms with E-state index in [0.717, 1.165) is 50.3 Å². The zero-order valence-corrected chi connectivity index (χ0v) is 20.9. The van der Waals surface area contributed by atoms with Crippen molar-refractivity contribution in [2.45, 2.75) is 19.4 Å². The summed E-state index contributed by atoms with van der Waals surface area (Å²) in [4.78, 5) is 34.2. The number of benzene rings is 1. The van der Waals surface area contributed by atoms with Crippen LogP contribution in [0.1, 0.15) is 39.3 Å². The molecule has 192 valence electrons. The lowest BCUT2D eigenvalue weighted by Gasteiger charge is -2.49. The second-order valence-electron chi connectivity index (χ2n) is 9.83. The molecular weight excluding hydrogens is 474 g/mol. The van der Waals surface area contributed by atoms with Crippen LogP contribution in [0.5, 0.6) is 11.5 Å². The van der Waals surface area contributed by atoms with Gasteiger partial charge in [0.1, 0.15) is 0 Å². The molecule has 2 aromatic heterocycles. The van der Waals surface area contributed by atoms with E-state index >= 15 is 0 Å². The van der Waals surface area contributed by atoms with E-state index in [1.54, 1.807) is 43.8 Å². The van der Waals surface area contributed by atoms with Crippen LogP contribution in [0.2, 0.25) is 0 Å². The average Bonchev–Trinajstić information content (AvgIpc) is 3.52. The first-order valence-electron chi connectivity index (χ1n) is 12.4. The van der Waals surface area contributed by atoms with Gasteiger partial charge in [-0.15, -0.1) is 0 Å². The molecule has 2 N–H and O–H groups in total. The normalized spacial score (nSPS) is 17.9. The predicted molar refractivity (Wildman–Crippen MR) is 138 cm³/mol. The van der Waals surface area contributed by atoms with E-state index in [1.165, 1.54) is 12.0 Å². The quantitative estimate of drug-likeness (QED) is 0.528. The number of rotatable bonds is 6. The van der Waals surface area contributed by atoms with Crippen LogP contribution in [-0.2, 0) is 6.54 Å². The molecule has 0 bridgehead atoms. The molecule has 3 aliphatic rings. The van der Waals surface area contributed by atoms with Crippen molar-refractivity contribution in [1.29, 1.82) is 0 Å². The summed E-state index contributed by atoms with van der Waals surface area (Å²) >= 11 is 0. The summed E-state index contributed by atoms with van der Waals surface area (Å²) in [6.45, 7) is 4.36. The van der Waals surface area contributed by atoms with Crippen molar-refractivity contribution in [2.75, 3.05) is 55.5 Å². The SMILES string of the molecule is COc1cc2c(cc1OC)C(=O)N(c1ccc(C(=O)Nc3cnccc3N3CCC4(CC3)CNC4)o1)C2. The van der Waals surface area contributed by atoms with Crippen LogP contribution in [0, 0.1) is 5.41 Å². The maximum Gasteiger partial charge on any atom is 0.291 e. The highest BCUT2D eigenvalue weighted by molar-refractivity contribution is 6.10. The molecule has 3 aromatic rings. The number of carbonyl (C=O) groups is 2. The molecule has 1 aromatic carbocycles. The Kier molecular flexibility index (Phi) is 5.75. The molecule has 0 aliphatic carbocycles. The number of hydrogen-bond acceptors (Lipinski definition) is 8. The van der Waals surface area contributed by atoms with Crippen LogP contribution >= 0.6 is 0 Å². The fourth-order valence-corrected chi connectivity index (χ4v) is 5.41. The van der Waals surface area contributed by atoms with Gasteiger partial charge in [0.15, 0.2) is 17.3 Å². The average molecular weight is 504 g/mol. The first-order chi connectivity index (χ1) is 18.0. The number of nitrogens with one attached hydrogen (secondary N) is 2. The summed E-state index contributed by atoms with van der Waals surface area (Å²) in [5, 5.41) is 6.34. The first kappa shape index (κ1) is 23.4. The van der Waals surface area contributed by atoms with Crippen LogP contribution in [0.25, 0.3) is 0 Å². The number of anilines is 3. The van der Waals surface area contributed by atoms with Crippen LogP contribution in [0.3, 0.4) is 0 Å². The number of pyridine rings is 1. The largest absolute Gasteiger partial charge is 0.493 e. The van der Waals surface area contributed by atoms with Crippen molar-refractivity contribution in [1.82, 2.24) is 10.3 Å². The summed E-state index contributed by atoms with van der Waals surface area (Å²) in [5.41, 5.74) is 3.33. The molecular formula is C27H29N5O5. The zero-order valence-electron chi connectivity index (χ0n) is 20.9. The Bertz CT molecular complexity index is 1350. The lowest BCUT2D eigenvalue weighted by molar-refractivity contribution is 0.0975. The maximum atomic E-state index is 13.1. The molecule has 37 heavy (non-hydrogen) atoms. The van der Waals surface area contributed by atoms with Crippen molar-refractivity contribution in [2.24, 2.45) is 5.41 Å². The standard InChI is InChI=1S/C27H29N5O5/c1-35-22-11-17-14-32(26(34)18(17)12-23(22)36-2)24-4-3-21(37-24)25(33)30-19-13-28-8-5-20(19)31-9-6-27(7-10-31)15-29-16-27/h3-5,8,11-13,29H,6-7,9-10,14-16H2,1-2H3,(H,30,33). The maximum absolute atomic E-state index is 13.1. The fourth-order valence-electron chi connectivity index (χ4n) is 5.41. The molecule has 3 aliphatic heterocycles. The van der Waals surface area contributed by atoms with E-state index in [2.05, 4.69) is 20.5 Å². The van der Waals surface area contributed by atoms with Gasteiger partial charge < -0.3 is 29.4 Å². The minimum Gasteiger partial charge on any atom is -0.493 e. The topological polar surface area (TPSA) is 109 Å². The molecule has 0 unspecified atom stereocenters. The lowest BCUT2D eigenvalue weighted by atomic mass is 9.73. The van der Waals surface area contributed by atoms with Gasteiger partial charge in [0, 0.05) is 44.0 Å². The van der Waals surface area contributed by atoms with Gasteiger partial charge in [-0.1, -0.05) is 0 Å². The van der Waals surface area contributed by atoms with Crippen molar-refractivity contribution in [3.8, 4) is 11.5 Å². The molecule has 0 radical (unpaired) electrons. The Hall–Kier alpha value is -4.05. The lowest BCUT2D eigenvalue weighted by Crippen LogP contribution is -2.58. The molecule has 5 heterocycles. The molecule has 10 heteroatoms. The number of fused-ring (bicyclic) bond motifs is 1. The Morgan fingerprint density at radius 2 is 1.86 bits per heavy atom. The molecule has 0 atom stereocenters. The molecule has 1 spiro atoms. The van der Waals surface area contributed by atoms with Gasteiger partial charge in [-0.25, -0.2) is 0 Å². The van der Waals surface area contributed by atoms with Gasteiger partial charge in [-0.05, 0) is 48.1 Å².